The Bertz CT molecular complexity index is 402. The maximum absolute atomic E-state index is 11.9. The molecule has 2 fully saturated rings. The summed E-state index contributed by atoms with van der Waals surface area (Å²) in [6.45, 7) is 2.12. The van der Waals surface area contributed by atoms with E-state index in [1.807, 2.05) is 0 Å². The quantitative estimate of drug-likeness (QED) is 0.533. The maximum Gasteiger partial charge on any atom is 0.329 e. The van der Waals surface area contributed by atoms with Gasteiger partial charge in [0.25, 0.3) is 0 Å². The highest BCUT2D eigenvalue weighted by Crippen LogP contribution is 2.13. The van der Waals surface area contributed by atoms with Crippen LogP contribution in [-0.4, -0.2) is 84.9 Å². The Balaban J connectivity index is 1.66. The topological polar surface area (TPSA) is 111 Å². The van der Waals surface area contributed by atoms with Gasteiger partial charge < -0.3 is 30.3 Å². The molecule has 3 N–H and O–H groups in total. The van der Waals surface area contributed by atoms with E-state index < -0.39 is 5.97 Å². The zero-order chi connectivity index (χ0) is 14.5. The summed E-state index contributed by atoms with van der Waals surface area (Å²) in [6.07, 6.45) is 0. The Hall–Kier alpha value is -2.03. The van der Waals surface area contributed by atoms with Gasteiger partial charge in [-0.2, -0.15) is 0 Å². The summed E-state index contributed by atoms with van der Waals surface area (Å²) in [7, 11) is 0. The Labute approximate surface area is 115 Å². The molecule has 0 radical (unpaired) electrons. The molecule has 0 spiro atoms. The summed E-state index contributed by atoms with van der Waals surface area (Å²) in [6, 6.07) is -0.259. The summed E-state index contributed by atoms with van der Waals surface area (Å²) >= 11 is 0. The molecule has 2 saturated heterocycles. The van der Waals surface area contributed by atoms with Crippen LogP contribution < -0.4 is 10.6 Å². The molecule has 0 bridgehead atoms. The smallest absolute Gasteiger partial charge is 0.329 e. The summed E-state index contributed by atoms with van der Waals surface area (Å²) in [5.74, 6) is -1.04. The average molecular weight is 286 g/mol. The van der Waals surface area contributed by atoms with E-state index in [1.54, 1.807) is 9.80 Å². The Morgan fingerprint density at radius 2 is 2.25 bits per heavy atom. The van der Waals surface area contributed by atoms with Gasteiger partial charge in [0, 0.05) is 32.7 Å². The molecule has 9 nitrogen and oxygen atoms in total. The van der Waals surface area contributed by atoms with Gasteiger partial charge in [-0.05, 0) is 0 Å². The molecule has 9 heteroatoms. The second-order valence-electron chi connectivity index (χ2n) is 4.66. The number of nitrogens with one attached hydrogen (secondary N) is 2. The molecule has 112 valence electrons. The molecule has 1 atom stereocenters. The number of hydrogen-bond donors (Lipinski definition) is 3. The molecular formula is C11H18N4O5. The molecule has 2 aliphatic heterocycles. The van der Waals surface area contributed by atoms with Crippen LogP contribution in [0.15, 0.2) is 0 Å². The number of rotatable bonds is 5. The Kier molecular flexibility index (Phi) is 4.61. The fourth-order valence-corrected chi connectivity index (χ4v) is 2.29. The third-order valence-electron chi connectivity index (χ3n) is 3.27. The molecule has 0 aliphatic carbocycles. The number of hydrogen-bond acceptors (Lipinski definition) is 4. The monoisotopic (exact) mass is 286 g/mol. The van der Waals surface area contributed by atoms with Gasteiger partial charge in [0.1, 0.15) is 6.61 Å². The molecule has 20 heavy (non-hydrogen) atoms. The standard InChI is InChI=1S/C11H18N4O5/c16-9(17)7-20-4-1-12-10(18)14-2-3-15-8(6-14)5-13-11(15)19/h8H,1-7H2,(H,12,18)(H,13,19)(H,16,17). The van der Waals surface area contributed by atoms with Gasteiger partial charge in [0.15, 0.2) is 0 Å². The van der Waals surface area contributed by atoms with Crippen LogP contribution in [0.2, 0.25) is 0 Å². The first-order valence-electron chi connectivity index (χ1n) is 6.44. The van der Waals surface area contributed by atoms with Crippen LogP contribution in [0, 0.1) is 0 Å². The second kappa shape index (κ2) is 6.42. The van der Waals surface area contributed by atoms with Crippen LogP contribution in [0.3, 0.4) is 0 Å². The predicted octanol–water partition coefficient (Wildman–Crippen LogP) is -1.49. The lowest BCUT2D eigenvalue weighted by molar-refractivity contribution is -0.142. The summed E-state index contributed by atoms with van der Waals surface area (Å²) in [5.41, 5.74) is 0. The number of aliphatic carboxylic acids is 1. The lowest BCUT2D eigenvalue weighted by atomic mass is 10.2. The highest BCUT2D eigenvalue weighted by atomic mass is 16.5. The average Bonchev–Trinajstić information content (AvgIpc) is 2.79. The van der Waals surface area contributed by atoms with E-state index >= 15 is 0 Å². The fourth-order valence-electron chi connectivity index (χ4n) is 2.29. The van der Waals surface area contributed by atoms with Gasteiger partial charge in [0.2, 0.25) is 0 Å². The van der Waals surface area contributed by atoms with E-state index in [-0.39, 0.29) is 37.9 Å². The Morgan fingerprint density at radius 1 is 1.45 bits per heavy atom. The fraction of sp³-hybridized carbons (Fsp3) is 0.727. The minimum absolute atomic E-state index is 0.0326. The number of nitrogens with zero attached hydrogens (tertiary/aromatic N) is 2. The molecule has 1 unspecified atom stereocenters. The van der Waals surface area contributed by atoms with Crippen LogP contribution in [0.1, 0.15) is 0 Å². The number of amides is 4. The molecule has 0 aromatic rings. The number of fused-ring (bicyclic) bond motifs is 1. The number of ether oxygens (including phenoxy) is 1. The first kappa shape index (κ1) is 14.4. The first-order valence-corrected chi connectivity index (χ1v) is 6.44. The highest BCUT2D eigenvalue weighted by molar-refractivity contribution is 5.78. The minimum Gasteiger partial charge on any atom is -0.480 e. The summed E-state index contributed by atoms with van der Waals surface area (Å²) in [5, 5.41) is 13.8. The van der Waals surface area contributed by atoms with Gasteiger partial charge in [-0.1, -0.05) is 0 Å². The zero-order valence-corrected chi connectivity index (χ0v) is 11.0. The molecule has 2 rings (SSSR count). The summed E-state index contributed by atoms with van der Waals surface area (Å²) in [4.78, 5) is 36.9. The number of carbonyl (C=O) groups excluding carboxylic acids is 2. The van der Waals surface area contributed by atoms with E-state index in [1.165, 1.54) is 0 Å². The summed E-state index contributed by atoms with van der Waals surface area (Å²) < 4.78 is 4.82. The number of carbonyl (C=O) groups is 3. The molecule has 2 heterocycles. The SMILES string of the molecule is O=C(O)COCCNC(=O)N1CCN2C(=O)NCC2C1. The highest BCUT2D eigenvalue weighted by Gasteiger charge is 2.36. The minimum atomic E-state index is -1.04. The molecular weight excluding hydrogens is 268 g/mol. The van der Waals surface area contributed by atoms with Crippen molar-refractivity contribution in [3.05, 3.63) is 0 Å². The van der Waals surface area contributed by atoms with Gasteiger partial charge in [-0.3, -0.25) is 0 Å². The van der Waals surface area contributed by atoms with E-state index in [0.29, 0.717) is 26.2 Å². The number of carboxylic acid groups (broad SMARTS) is 1. The van der Waals surface area contributed by atoms with Crippen molar-refractivity contribution in [2.24, 2.45) is 0 Å². The maximum atomic E-state index is 11.9. The molecule has 0 aromatic carbocycles. The van der Waals surface area contributed by atoms with Gasteiger partial charge in [-0.25, -0.2) is 14.4 Å². The number of urea groups is 2. The van der Waals surface area contributed by atoms with Crippen LogP contribution in [-0.2, 0) is 9.53 Å². The number of carboxylic acids is 1. The third kappa shape index (κ3) is 3.50. The first-order chi connectivity index (χ1) is 9.58. The van der Waals surface area contributed by atoms with E-state index in [2.05, 4.69) is 10.6 Å². The van der Waals surface area contributed by atoms with Gasteiger partial charge >= 0.3 is 18.0 Å². The largest absolute Gasteiger partial charge is 0.480 e. The van der Waals surface area contributed by atoms with Crippen LogP contribution >= 0.6 is 0 Å². The lowest BCUT2D eigenvalue weighted by Gasteiger charge is -2.36. The van der Waals surface area contributed by atoms with Crippen molar-refractivity contribution in [2.75, 3.05) is 45.9 Å². The van der Waals surface area contributed by atoms with Crippen molar-refractivity contribution < 1.29 is 24.2 Å². The van der Waals surface area contributed by atoms with Crippen molar-refractivity contribution in [1.29, 1.82) is 0 Å². The lowest BCUT2D eigenvalue weighted by Crippen LogP contribution is -2.56. The van der Waals surface area contributed by atoms with E-state index in [9.17, 15) is 14.4 Å². The third-order valence-corrected chi connectivity index (χ3v) is 3.27. The molecule has 2 aliphatic rings. The zero-order valence-electron chi connectivity index (χ0n) is 11.0. The predicted molar refractivity (Wildman–Crippen MR) is 67.3 cm³/mol. The van der Waals surface area contributed by atoms with Gasteiger partial charge in [-0.15, -0.1) is 0 Å². The van der Waals surface area contributed by atoms with Crippen LogP contribution in [0.5, 0.6) is 0 Å². The molecule has 0 aromatic heterocycles. The van der Waals surface area contributed by atoms with Crippen LogP contribution in [0.25, 0.3) is 0 Å². The van der Waals surface area contributed by atoms with Crippen molar-refractivity contribution in [2.45, 2.75) is 6.04 Å². The molecule has 0 saturated carbocycles. The van der Waals surface area contributed by atoms with Crippen LogP contribution in [0.4, 0.5) is 9.59 Å². The number of piperazine rings is 1. The van der Waals surface area contributed by atoms with E-state index in [0.717, 1.165) is 0 Å². The van der Waals surface area contributed by atoms with Crippen molar-refractivity contribution in [3.63, 3.8) is 0 Å². The van der Waals surface area contributed by atoms with E-state index in [4.69, 9.17) is 9.84 Å². The van der Waals surface area contributed by atoms with Crippen molar-refractivity contribution >= 4 is 18.0 Å². The molecule has 4 amide bonds. The van der Waals surface area contributed by atoms with Crippen molar-refractivity contribution in [3.8, 4) is 0 Å². The van der Waals surface area contributed by atoms with Crippen molar-refractivity contribution in [1.82, 2.24) is 20.4 Å². The normalized spacial score (nSPS) is 21.4. The van der Waals surface area contributed by atoms with Gasteiger partial charge in [0.05, 0.1) is 12.6 Å². The second-order valence-corrected chi connectivity index (χ2v) is 4.66. The Morgan fingerprint density at radius 3 is 3.00 bits per heavy atom.